The molecule has 2 heterocycles. The first-order valence-corrected chi connectivity index (χ1v) is 9.60. The van der Waals surface area contributed by atoms with Crippen LogP contribution in [0.15, 0.2) is 53.3 Å². The Balaban J connectivity index is 1.82. The average molecular weight is 393 g/mol. The molecule has 1 aromatic carbocycles. The highest BCUT2D eigenvalue weighted by atomic mass is 16.5. The van der Waals surface area contributed by atoms with Gasteiger partial charge in [-0.25, -0.2) is 4.99 Å². The zero-order valence-electron chi connectivity index (χ0n) is 17.5. The van der Waals surface area contributed by atoms with E-state index in [2.05, 4.69) is 20.5 Å². The van der Waals surface area contributed by atoms with Gasteiger partial charge in [0.15, 0.2) is 5.82 Å². The number of aliphatic imine (C=N–C) groups is 1. The second kappa shape index (κ2) is 8.43. The molecular weight excluding hydrogens is 366 g/mol. The number of carbonyl (C=O) groups is 1. The van der Waals surface area contributed by atoms with E-state index in [4.69, 9.17) is 4.74 Å². The topological polar surface area (TPSA) is 79.7 Å². The van der Waals surface area contributed by atoms with Crippen molar-refractivity contribution in [2.45, 2.75) is 33.1 Å². The number of benzene rings is 1. The molecule has 1 unspecified atom stereocenters. The van der Waals surface area contributed by atoms with Crippen molar-refractivity contribution >= 4 is 23.8 Å². The number of ether oxygens (including phenoxy) is 1. The minimum absolute atomic E-state index is 0.0753. The van der Waals surface area contributed by atoms with E-state index in [0.717, 1.165) is 22.7 Å². The van der Waals surface area contributed by atoms with Crippen LogP contribution in [0.4, 0.5) is 11.5 Å². The molecule has 0 fully saturated rings. The molecule has 0 spiro atoms. The fraction of sp³-hybridized carbons (Fsp3) is 0.364. The summed E-state index contributed by atoms with van der Waals surface area (Å²) in [5.74, 6) is 1.21. The molecule has 1 aliphatic heterocycles. The van der Waals surface area contributed by atoms with Gasteiger partial charge in [-0.2, -0.15) is 5.10 Å². The molecule has 7 nitrogen and oxygen atoms in total. The average Bonchev–Trinajstić information content (AvgIpc) is 2.74. The van der Waals surface area contributed by atoms with E-state index in [-0.39, 0.29) is 11.8 Å². The summed E-state index contributed by atoms with van der Waals surface area (Å²) in [7, 11) is 1.64. The van der Waals surface area contributed by atoms with Gasteiger partial charge in [0.1, 0.15) is 5.76 Å². The van der Waals surface area contributed by atoms with Crippen LogP contribution >= 0.6 is 0 Å². The lowest BCUT2D eigenvalue weighted by atomic mass is 9.72. The number of aryl methyl sites for hydroxylation is 1. The van der Waals surface area contributed by atoms with E-state index in [1.54, 1.807) is 25.7 Å². The number of carbonyl (C=O) groups excluding carboxylic acids is 1. The van der Waals surface area contributed by atoms with Crippen LogP contribution in [-0.2, 0) is 14.9 Å². The number of hydrogen-bond acceptors (Lipinski definition) is 6. The zero-order valence-corrected chi connectivity index (χ0v) is 17.5. The van der Waals surface area contributed by atoms with Crippen LogP contribution in [-0.4, -0.2) is 36.1 Å². The molecule has 0 bridgehead atoms. The van der Waals surface area contributed by atoms with Gasteiger partial charge in [-0.05, 0) is 49.6 Å². The maximum Gasteiger partial charge on any atom is 0.236 e. The van der Waals surface area contributed by atoms with Crippen molar-refractivity contribution in [3.05, 3.63) is 59.6 Å². The van der Waals surface area contributed by atoms with Gasteiger partial charge < -0.3 is 15.0 Å². The lowest BCUT2D eigenvalue weighted by molar-refractivity contribution is -0.122. The summed E-state index contributed by atoms with van der Waals surface area (Å²) in [5, 5.41) is 11.0. The molecule has 1 aromatic heterocycles. The van der Waals surface area contributed by atoms with E-state index in [0.29, 0.717) is 12.4 Å². The van der Waals surface area contributed by atoms with Crippen LogP contribution in [0.2, 0.25) is 0 Å². The molecule has 0 aliphatic carbocycles. The van der Waals surface area contributed by atoms with Gasteiger partial charge in [0, 0.05) is 5.69 Å². The number of aromatic nitrogens is 2. The molecule has 0 radical (unpaired) electrons. The molecule has 0 saturated carbocycles. The molecular formula is C22H27N5O2. The summed E-state index contributed by atoms with van der Waals surface area (Å²) in [6, 6.07) is 11.6. The van der Waals surface area contributed by atoms with Crippen molar-refractivity contribution in [3.63, 3.8) is 0 Å². The number of rotatable bonds is 6. The summed E-state index contributed by atoms with van der Waals surface area (Å²) < 4.78 is 5.29. The number of methoxy groups -OCH3 is 1. The van der Waals surface area contributed by atoms with E-state index in [9.17, 15) is 4.79 Å². The first-order valence-electron chi connectivity index (χ1n) is 9.60. The predicted molar refractivity (Wildman–Crippen MR) is 115 cm³/mol. The molecule has 0 saturated heterocycles. The largest absolute Gasteiger partial charge is 0.498 e. The molecule has 1 atom stereocenters. The molecule has 2 aromatic rings. The molecule has 3 rings (SSSR count). The Labute approximate surface area is 171 Å². The maximum atomic E-state index is 13.2. The van der Waals surface area contributed by atoms with Gasteiger partial charge >= 0.3 is 0 Å². The number of nitrogens with zero attached hydrogens (tertiary/aromatic N) is 4. The van der Waals surface area contributed by atoms with Crippen molar-refractivity contribution < 1.29 is 9.53 Å². The summed E-state index contributed by atoms with van der Waals surface area (Å²) in [4.78, 5) is 19.4. The summed E-state index contributed by atoms with van der Waals surface area (Å²) in [5.41, 5.74) is 2.00. The van der Waals surface area contributed by atoms with E-state index >= 15 is 0 Å². The van der Waals surface area contributed by atoms with E-state index in [1.165, 1.54) is 0 Å². The highest BCUT2D eigenvalue weighted by molar-refractivity contribution is 5.98. The Morgan fingerprint density at radius 3 is 2.48 bits per heavy atom. The second-order valence-corrected chi connectivity index (χ2v) is 7.61. The SMILES string of the molecule is COC1=CN=CN(c2ccc(C(C)(C(=O)Nc3ccc(C)nn3)C(C)C)cc2)C1. The van der Waals surface area contributed by atoms with E-state index < -0.39 is 5.41 Å². The van der Waals surface area contributed by atoms with Crippen LogP contribution < -0.4 is 10.2 Å². The Morgan fingerprint density at radius 2 is 1.90 bits per heavy atom. The Hall–Kier alpha value is -3.22. The van der Waals surface area contributed by atoms with Gasteiger partial charge in [0.2, 0.25) is 5.91 Å². The third-order valence-electron chi connectivity index (χ3n) is 5.48. The quantitative estimate of drug-likeness (QED) is 0.810. The van der Waals surface area contributed by atoms with Gasteiger partial charge in [0.25, 0.3) is 0 Å². The summed E-state index contributed by atoms with van der Waals surface area (Å²) in [6.07, 6.45) is 3.47. The van der Waals surface area contributed by atoms with Gasteiger partial charge in [-0.3, -0.25) is 4.79 Å². The van der Waals surface area contributed by atoms with Crippen molar-refractivity contribution in [2.24, 2.45) is 10.9 Å². The number of anilines is 2. The Bertz CT molecular complexity index is 919. The number of amides is 1. The minimum Gasteiger partial charge on any atom is -0.498 e. The van der Waals surface area contributed by atoms with Crippen LogP contribution in [0.5, 0.6) is 0 Å². The summed E-state index contributed by atoms with van der Waals surface area (Å²) >= 11 is 0. The van der Waals surface area contributed by atoms with Crippen LogP contribution in [0.25, 0.3) is 0 Å². The summed E-state index contributed by atoms with van der Waals surface area (Å²) in [6.45, 7) is 8.52. The predicted octanol–water partition coefficient (Wildman–Crippen LogP) is 3.67. The van der Waals surface area contributed by atoms with Crippen molar-refractivity contribution in [1.29, 1.82) is 0 Å². The zero-order chi connectivity index (χ0) is 21.0. The monoisotopic (exact) mass is 393 g/mol. The third kappa shape index (κ3) is 4.29. The second-order valence-electron chi connectivity index (χ2n) is 7.61. The fourth-order valence-electron chi connectivity index (χ4n) is 3.16. The lowest BCUT2D eigenvalue weighted by Gasteiger charge is -2.33. The highest BCUT2D eigenvalue weighted by Crippen LogP contribution is 2.34. The lowest BCUT2D eigenvalue weighted by Crippen LogP contribution is -2.42. The number of hydrogen-bond donors (Lipinski definition) is 1. The Kier molecular flexibility index (Phi) is 5.96. The van der Waals surface area contributed by atoms with Crippen molar-refractivity contribution in [1.82, 2.24) is 10.2 Å². The van der Waals surface area contributed by atoms with Gasteiger partial charge in [0.05, 0.1) is 37.3 Å². The molecule has 1 aliphatic rings. The van der Waals surface area contributed by atoms with Crippen LogP contribution in [0.1, 0.15) is 32.0 Å². The van der Waals surface area contributed by atoms with Crippen LogP contribution in [0, 0.1) is 12.8 Å². The van der Waals surface area contributed by atoms with Gasteiger partial charge in [-0.15, -0.1) is 5.10 Å². The third-order valence-corrected chi connectivity index (χ3v) is 5.48. The molecule has 1 N–H and O–H groups in total. The number of nitrogens with one attached hydrogen (secondary N) is 1. The molecule has 1 amide bonds. The smallest absolute Gasteiger partial charge is 0.236 e. The molecule has 7 heteroatoms. The normalized spacial score (nSPS) is 15.7. The minimum atomic E-state index is -0.724. The molecule has 152 valence electrons. The fourth-order valence-corrected chi connectivity index (χ4v) is 3.16. The Morgan fingerprint density at radius 1 is 1.17 bits per heavy atom. The van der Waals surface area contributed by atoms with E-state index in [1.807, 2.05) is 62.9 Å². The van der Waals surface area contributed by atoms with Crippen molar-refractivity contribution in [3.8, 4) is 0 Å². The highest BCUT2D eigenvalue weighted by Gasteiger charge is 2.38. The van der Waals surface area contributed by atoms with Crippen molar-refractivity contribution in [2.75, 3.05) is 23.9 Å². The molecule has 29 heavy (non-hydrogen) atoms. The first kappa shape index (κ1) is 20.5. The standard InChI is InChI=1S/C22H27N5O2/c1-15(2)22(4,21(28)24-20-11-6-16(3)25-26-20)17-7-9-18(10-8-17)27-13-19(29-5)12-23-14-27/h6-12,14-15H,13H2,1-5H3,(H,24,26,28). The maximum absolute atomic E-state index is 13.2. The first-order chi connectivity index (χ1) is 13.8. The van der Waals surface area contributed by atoms with Gasteiger partial charge in [-0.1, -0.05) is 26.0 Å². The van der Waals surface area contributed by atoms with Crippen LogP contribution in [0.3, 0.4) is 0 Å².